The smallest absolute Gasteiger partial charge is 0.123 e. The van der Waals surface area contributed by atoms with Crippen LogP contribution in [0.4, 0.5) is 0 Å². The fraction of sp³-hybridized carbons (Fsp3) is 0.333. The fourth-order valence-corrected chi connectivity index (χ4v) is 3.19. The lowest BCUT2D eigenvalue weighted by Crippen LogP contribution is -2.23. The lowest BCUT2D eigenvalue weighted by Gasteiger charge is -2.23. The lowest BCUT2D eigenvalue weighted by atomic mass is 10.0. The number of rotatable bonds is 5. The monoisotopic (exact) mass is 347 g/mol. The Morgan fingerprint density at radius 1 is 1.00 bits per heavy atom. The van der Waals surface area contributed by atoms with E-state index in [1.165, 1.54) is 16.7 Å². The second-order valence-electron chi connectivity index (χ2n) is 5.38. The van der Waals surface area contributed by atoms with E-state index in [-0.39, 0.29) is 12.1 Å². The normalized spacial score (nSPS) is 13.8. The molecule has 3 heteroatoms. The minimum Gasteiger partial charge on any atom is -0.496 e. The molecule has 0 saturated carbocycles. The molecule has 2 aromatic carbocycles. The van der Waals surface area contributed by atoms with Crippen molar-refractivity contribution in [2.24, 2.45) is 0 Å². The second kappa shape index (κ2) is 7.10. The molecule has 0 heterocycles. The van der Waals surface area contributed by atoms with Crippen molar-refractivity contribution in [2.45, 2.75) is 32.9 Å². The van der Waals surface area contributed by atoms with Crippen molar-refractivity contribution in [3.63, 3.8) is 0 Å². The Hall–Kier alpha value is -1.32. The van der Waals surface area contributed by atoms with Gasteiger partial charge in [0.2, 0.25) is 0 Å². The van der Waals surface area contributed by atoms with Crippen LogP contribution in [0.1, 0.15) is 42.6 Å². The summed E-state index contributed by atoms with van der Waals surface area (Å²) >= 11 is 3.62. The summed E-state index contributed by atoms with van der Waals surface area (Å²) < 4.78 is 6.64. The van der Waals surface area contributed by atoms with Gasteiger partial charge in [0, 0.05) is 22.1 Å². The molecule has 1 unspecified atom stereocenters. The van der Waals surface area contributed by atoms with Gasteiger partial charge < -0.3 is 10.1 Å². The van der Waals surface area contributed by atoms with Crippen LogP contribution in [0.15, 0.2) is 46.9 Å². The molecule has 0 aliphatic carbocycles. The highest BCUT2D eigenvalue weighted by molar-refractivity contribution is 9.10. The molecule has 2 rings (SSSR count). The van der Waals surface area contributed by atoms with Crippen molar-refractivity contribution in [1.29, 1.82) is 0 Å². The number of hydrogen-bond donors (Lipinski definition) is 1. The third-order valence-electron chi connectivity index (χ3n) is 3.73. The summed E-state index contributed by atoms with van der Waals surface area (Å²) in [6, 6.07) is 15.1. The van der Waals surface area contributed by atoms with E-state index in [2.05, 4.69) is 78.4 Å². The summed E-state index contributed by atoms with van der Waals surface area (Å²) in [7, 11) is 1.72. The number of nitrogens with one attached hydrogen (secondary N) is 1. The molecule has 2 aromatic rings. The standard InChI is InChI=1S/C18H22BrNO/c1-12-9-10-16(18(11-12)21-4)14(3)20-13(2)15-7-5-6-8-17(15)19/h5-11,13-14,20H,1-4H3/t13-,14?/m0/s1. The van der Waals surface area contributed by atoms with Crippen molar-refractivity contribution >= 4 is 15.9 Å². The summed E-state index contributed by atoms with van der Waals surface area (Å²) in [6.07, 6.45) is 0. The molecule has 0 saturated heterocycles. The molecule has 21 heavy (non-hydrogen) atoms. The topological polar surface area (TPSA) is 21.3 Å². The van der Waals surface area contributed by atoms with Crippen molar-refractivity contribution in [3.8, 4) is 5.75 Å². The van der Waals surface area contributed by atoms with E-state index in [1.54, 1.807) is 7.11 Å². The average Bonchev–Trinajstić information content (AvgIpc) is 2.47. The molecule has 0 aliphatic heterocycles. The zero-order chi connectivity index (χ0) is 15.4. The Kier molecular flexibility index (Phi) is 5.43. The molecular weight excluding hydrogens is 326 g/mol. The van der Waals surface area contributed by atoms with Crippen LogP contribution in [0.5, 0.6) is 5.75 Å². The van der Waals surface area contributed by atoms with Crippen molar-refractivity contribution in [2.75, 3.05) is 7.11 Å². The number of ether oxygens (including phenoxy) is 1. The Morgan fingerprint density at radius 2 is 1.67 bits per heavy atom. The van der Waals surface area contributed by atoms with Gasteiger partial charge >= 0.3 is 0 Å². The zero-order valence-corrected chi connectivity index (χ0v) is 14.6. The van der Waals surface area contributed by atoms with Crippen molar-refractivity contribution < 1.29 is 4.74 Å². The first-order chi connectivity index (χ1) is 10.0. The SMILES string of the molecule is COc1cc(C)ccc1C(C)N[C@@H](C)c1ccccc1Br. The fourth-order valence-electron chi connectivity index (χ4n) is 2.56. The summed E-state index contributed by atoms with van der Waals surface area (Å²) in [6.45, 7) is 6.42. The maximum Gasteiger partial charge on any atom is 0.123 e. The van der Waals surface area contributed by atoms with Crippen LogP contribution in [0.2, 0.25) is 0 Å². The Bertz CT molecular complexity index is 612. The molecule has 0 aromatic heterocycles. The Morgan fingerprint density at radius 3 is 2.33 bits per heavy atom. The van der Waals surface area contributed by atoms with Crippen LogP contribution in [0.25, 0.3) is 0 Å². The van der Waals surface area contributed by atoms with Crippen molar-refractivity contribution in [1.82, 2.24) is 5.32 Å². The highest BCUT2D eigenvalue weighted by Gasteiger charge is 2.16. The van der Waals surface area contributed by atoms with Gasteiger partial charge in [-0.2, -0.15) is 0 Å². The predicted molar refractivity (Wildman–Crippen MR) is 91.8 cm³/mol. The first-order valence-corrected chi connectivity index (χ1v) is 7.97. The number of benzene rings is 2. The van der Waals surface area contributed by atoms with E-state index in [4.69, 9.17) is 4.74 Å². The molecule has 1 N–H and O–H groups in total. The quantitative estimate of drug-likeness (QED) is 0.804. The maximum absolute atomic E-state index is 5.51. The third kappa shape index (κ3) is 3.86. The first-order valence-electron chi connectivity index (χ1n) is 7.18. The van der Waals surface area contributed by atoms with Crippen LogP contribution in [-0.4, -0.2) is 7.11 Å². The van der Waals surface area contributed by atoms with Crippen LogP contribution >= 0.6 is 15.9 Å². The molecule has 2 atom stereocenters. The molecule has 0 bridgehead atoms. The van der Waals surface area contributed by atoms with E-state index in [9.17, 15) is 0 Å². The molecule has 0 spiro atoms. The van der Waals surface area contributed by atoms with Gasteiger partial charge in [-0.05, 0) is 44.0 Å². The van der Waals surface area contributed by atoms with Crippen LogP contribution in [-0.2, 0) is 0 Å². The van der Waals surface area contributed by atoms with Crippen LogP contribution in [0, 0.1) is 6.92 Å². The first kappa shape index (κ1) is 16.1. The summed E-state index contributed by atoms with van der Waals surface area (Å²) in [5.41, 5.74) is 3.65. The summed E-state index contributed by atoms with van der Waals surface area (Å²) in [4.78, 5) is 0. The highest BCUT2D eigenvalue weighted by Crippen LogP contribution is 2.29. The van der Waals surface area contributed by atoms with Gasteiger partial charge in [0.1, 0.15) is 5.75 Å². The third-order valence-corrected chi connectivity index (χ3v) is 4.45. The van der Waals surface area contributed by atoms with E-state index < -0.39 is 0 Å². The van der Waals surface area contributed by atoms with Crippen LogP contribution in [0.3, 0.4) is 0 Å². The second-order valence-corrected chi connectivity index (χ2v) is 6.23. The van der Waals surface area contributed by atoms with Gasteiger partial charge in [-0.15, -0.1) is 0 Å². The van der Waals surface area contributed by atoms with E-state index in [1.807, 2.05) is 6.07 Å². The summed E-state index contributed by atoms with van der Waals surface area (Å²) in [5, 5.41) is 3.64. The predicted octanol–water partition coefficient (Wildman–Crippen LogP) is 5.18. The Labute approximate surface area is 135 Å². The molecule has 112 valence electrons. The Balaban J connectivity index is 2.18. The average molecular weight is 348 g/mol. The number of hydrogen-bond acceptors (Lipinski definition) is 2. The summed E-state index contributed by atoms with van der Waals surface area (Å²) in [5.74, 6) is 0.939. The minimum absolute atomic E-state index is 0.211. The molecule has 2 nitrogen and oxygen atoms in total. The van der Waals surface area contributed by atoms with Gasteiger partial charge in [-0.1, -0.05) is 46.3 Å². The van der Waals surface area contributed by atoms with Crippen molar-refractivity contribution in [3.05, 3.63) is 63.6 Å². The molecule has 0 aliphatic rings. The van der Waals surface area contributed by atoms with E-state index in [0.29, 0.717) is 0 Å². The molecular formula is C18H22BrNO. The number of aryl methyl sites for hydroxylation is 1. The van der Waals surface area contributed by atoms with Gasteiger partial charge in [0.05, 0.1) is 7.11 Å². The van der Waals surface area contributed by atoms with Gasteiger partial charge in [-0.25, -0.2) is 0 Å². The van der Waals surface area contributed by atoms with E-state index >= 15 is 0 Å². The lowest BCUT2D eigenvalue weighted by molar-refractivity contribution is 0.396. The minimum atomic E-state index is 0.211. The van der Waals surface area contributed by atoms with Gasteiger partial charge in [0.15, 0.2) is 0 Å². The largest absolute Gasteiger partial charge is 0.496 e. The zero-order valence-electron chi connectivity index (χ0n) is 13.0. The maximum atomic E-state index is 5.51. The molecule has 0 radical (unpaired) electrons. The highest BCUT2D eigenvalue weighted by atomic mass is 79.9. The molecule has 0 fully saturated rings. The number of methoxy groups -OCH3 is 1. The number of halogens is 1. The van der Waals surface area contributed by atoms with Crippen LogP contribution < -0.4 is 10.1 Å². The van der Waals surface area contributed by atoms with Gasteiger partial charge in [-0.3, -0.25) is 0 Å². The van der Waals surface area contributed by atoms with Gasteiger partial charge in [0.25, 0.3) is 0 Å². The van der Waals surface area contributed by atoms with E-state index in [0.717, 1.165) is 10.2 Å². The molecule has 0 amide bonds.